The lowest BCUT2D eigenvalue weighted by molar-refractivity contribution is -0.142. The summed E-state index contributed by atoms with van der Waals surface area (Å²) in [6.45, 7) is 5.15. The van der Waals surface area contributed by atoms with E-state index in [0.29, 0.717) is 17.1 Å². The molecule has 0 saturated heterocycles. The fourth-order valence-electron chi connectivity index (χ4n) is 4.86. The molecule has 0 aliphatic rings. The number of aliphatic carboxylic acids is 1. The van der Waals surface area contributed by atoms with E-state index >= 15 is 0 Å². The van der Waals surface area contributed by atoms with Crippen molar-refractivity contribution in [3.8, 4) is 17.0 Å². The van der Waals surface area contributed by atoms with Gasteiger partial charge < -0.3 is 20.5 Å². The summed E-state index contributed by atoms with van der Waals surface area (Å²) >= 11 is 0. The van der Waals surface area contributed by atoms with Gasteiger partial charge in [-0.05, 0) is 73.7 Å². The van der Waals surface area contributed by atoms with Gasteiger partial charge >= 0.3 is 5.97 Å². The number of carboxylic acid groups (broad SMARTS) is 1. The first-order valence-electron chi connectivity index (χ1n) is 13.6. The van der Waals surface area contributed by atoms with Gasteiger partial charge in [0.25, 0.3) is 10.9 Å². The lowest BCUT2D eigenvalue weighted by Gasteiger charge is -2.32. The lowest BCUT2D eigenvalue weighted by atomic mass is 9.87. The van der Waals surface area contributed by atoms with E-state index in [-0.39, 0.29) is 36.2 Å². The number of anilines is 3. The van der Waals surface area contributed by atoms with Gasteiger partial charge in [0.15, 0.2) is 5.75 Å². The third-order valence-electron chi connectivity index (χ3n) is 7.20. The Morgan fingerprint density at radius 3 is 2.33 bits per heavy atom. The molecule has 5 rings (SSSR count). The van der Waals surface area contributed by atoms with Crippen molar-refractivity contribution in [2.24, 2.45) is 0 Å². The molecule has 0 aliphatic heterocycles. The first-order valence-corrected chi connectivity index (χ1v) is 13.6. The van der Waals surface area contributed by atoms with Crippen LogP contribution < -0.4 is 26.2 Å². The quantitative estimate of drug-likeness (QED) is 0.165. The monoisotopic (exact) mass is 567 g/mol. The van der Waals surface area contributed by atoms with E-state index in [4.69, 9.17) is 9.72 Å². The summed E-state index contributed by atoms with van der Waals surface area (Å²) < 4.78 is 19.0. The van der Waals surface area contributed by atoms with Crippen LogP contribution in [0.1, 0.15) is 32.8 Å². The molecule has 1 aromatic heterocycles. The van der Waals surface area contributed by atoms with Crippen molar-refractivity contribution in [3.63, 3.8) is 0 Å². The maximum absolute atomic E-state index is 13.5. The third-order valence-corrected chi connectivity index (χ3v) is 7.20. The molecular formula is C33H30FN3O5. The molecule has 42 heavy (non-hydrogen) atoms. The molecule has 1 unspecified atom stereocenters. The van der Waals surface area contributed by atoms with Crippen molar-refractivity contribution < 1.29 is 19.0 Å². The molecule has 0 radical (unpaired) electrons. The molecule has 4 aromatic carbocycles. The summed E-state index contributed by atoms with van der Waals surface area (Å²) in [6, 6.07) is 23.2. The summed E-state index contributed by atoms with van der Waals surface area (Å²) in [5.74, 6) is -0.981. The minimum absolute atomic E-state index is 0.0558. The zero-order chi connectivity index (χ0) is 30.0. The van der Waals surface area contributed by atoms with Crippen molar-refractivity contribution in [2.45, 2.75) is 45.3 Å². The van der Waals surface area contributed by atoms with Gasteiger partial charge in [0, 0.05) is 23.1 Å². The molecule has 9 heteroatoms. The number of pyridine rings is 1. The molecule has 214 valence electrons. The van der Waals surface area contributed by atoms with Crippen LogP contribution in [-0.2, 0) is 11.2 Å². The maximum Gasteiger partial charge on any atom is 0.329 e. The molecule has 3 N–H and O–H groups in total. The topological polar surface area (TPSA) is 118 Å². The van der Waals surface area contributed by atoms with Crippen molar-refractivity contribution >= 4 is 33.9 Å². The SMILES string of the molecule is CCC(Cc1ccc(Nc2nc(-c3ccc(F)cc3)cc3ccccc23)cc1)(Nc1c(OC(C)C)c(=O)c1=O)C(=O)O. The second-order valence-electron chi connectivity index (χ2n) is 10.5. The van der Waals surface area contributed by atoms with Crippen LogP contribution in [0.3, 0.4) is 0 Å². The minimum atomic E-state index is -1.53. The fourth-order valence-corrected chi connectivity index (χ4v) is 4.86. The number of halogens is 1. The van der Waals surface area contributed by atoms with Gasteiger partial charge in [-0.15, -0.1) is 0 Å². The number of fused-ring (bicyclic) bond motifs is 1. The molecule has 0 saturated carbocycles. The van der Waals surface area contributed by atoms with Crippen LogP contribution in [0, 0.1) is 5.82 Å². The highest BCUT2D eigenvalue weighted by Gasteiger charge is 2.40. The van der Waals surface area contributed by atoms with Crippen LogP contribution in [0.25, 0.3) is 22.0 Å². The number of hydrogen-bond donors (Lipinski definition) is 3. The van der Waals surface area contributed by atoms with Crippen LogP contribution in [-0.4, -0.2) is 27.7 Å². The molecule has 1 atom stereocenters. The Morgan fingerprint density at radius 2 is 1.69 bits per heavy atom. The zero-order valence-electron chi connectivity index (χ0n) is 23.4. The molecule has 0 bridgehead atoms. The minimum Gasteiger partial charge on any atom is -0.485 e. The largest absolute Gasteiger partial charge is 0.485 e. The summed E-state index contributed by atoms with van der Waals surface area (Å²) in [7, 11) is 0. The van der Waals surface area contributed by atoms with Crippen molar-refractivity contribution in [1.82, 2.24) is 4.98 Å². The summed E-state index contributed by atoms with van der Waals surface area (Å²) in [6.07, 6.45) is -0.146. The smallest absolute Gasteiger partial charge is 0.329 e. The molecule has 0 amide bonds. The van der Waals surface area contributed by atoms with Crippen LogP contribution in [0.15, 0.2) is 88.5 Å². The van der Waals surface area contributed by atoms with Gasteiger partial charge in [-0.1, -0.05) is 43.3 Å². The Kier molecular flexibility index (Phi) is 7.76. The van der Waals surface area contributed by atoms with Gasteiger partial charge in [-0.3, -0.25) is 9.59 Å². The predicted molar refractivity (Wildman–Crippen MR) is 162 cm³/mol. The highest BCUT2D eigenvalue weighted by molar-refractivity contribution is 5.96. The average molecular weight is 568 g/mol. The molecular weight excluding hydrogens is 537 g/mol. The number of carboxylic acids is 1. The molecule has 0 spiro atoms. The highest BCUT2D eigenvalue weighted by atomic mass is 19.1. The first kappa shape index (κ1) is 28.5. The Morgan fingerprint density at radius 1 is 1.00 bits per heavy atom. The van der Waals surface area contributed by atoms with Gasteiger partial charge in [0.2, 0.25) is 0 Å². The molecule has 5 aromatic rings. The first-order chi connectivity index (χ1) is 20.1. The lowest BCUT2D eigenvalue weighted by Crippen LogP contribution is -2.51. The Bertz CT molecular complexity index is 1830. The van der Waals surface area contributed by atoms with E-state index in [0.717, 1.165) is 22.0 Å². The fraction of sp³-hybridized carbons (Fsp3) is 0.212. The number of ether oxygens (including phenoxy) is 1. The number of carbonyl (C=O) groups is 1. The number of nitrogens with one attached hydrogen (secondary N) is 2. The highest BCUT2D eigenvalue weighted by Crippen LogP contribution is 2.31. The normalized spacial score (nSPS) is 12.8. The molecule has 0 fully saturated rings. The van der Waals surface area contributed by atoms with Crippen LogP contribution in [0.2, 0.25) is 0 Å². The Balaban J connectivity index is 1.41. The Labute approximate surface area is 241 Å². The van der Waals surface area contributed by atoms with Gasteiger partial charge in [0.1, 0.15) is 22.9 Å². The average Bonchev–Trinajstić information content (AvgIpc) is 2.99. The number of aromatic nitrogens is 1. The maximum atomic E-state index is 13.5. The molecule has 0 aliphatic carbocycles. The summed E-state index contributed by atoms with van der Waals surface area (Å²) in [5.41, 5.74) is -0.279. The van der Waals surface area contributed by atoms with E-state index in [9.17, 15) is 23.9 Å². The summed E-state index contributed by atoms with van der Waals surface area (Å²) in [4.78, 5) is 41.6. The zero-order valence-corrected chi connectivity index (χ0v) is 23.4. The third kappa shape index (κ3) is 5.58. The van der Waals surface area contributed by atoms with Crippen LogP contribution >= 0.6 is 0 Å². The number of benzene rings is 3. The Hall–Kier alpha value is -5.05. The number of hydrogen-bond acceptors (Lipinski definition) is 7. The number of rotatable bonds is 11. The van der Waals surface area contributed by atoms with Crippen LogP contribution in [0.4, 0.5) is 21.6 Å². The standard InChI is InChI=1S/C33H30FN3O5/c1-4-33(32(40)41,37-27-28(38)29(39)30(27)42-19(2)3)18-20-9-15-24(16-10-20)35-31-25-8-6-5-7-22(25)17-26(36-31)21-11-13-23(34)14-12-21/h5-17,19,37H,4,18H2,1-3H3,(H,35,36)(H,40,41). The van der Waals surface area contributed by atoms with Crippen LogP contribution in [0.5, 0.6) is 5.75 Å². The van der Waals surface area contributed by atoms with Gasteiger partial charge in [-0.2, -0.15) is 0 Å². The van der Waals surface area contributed by atoms with Crippen molar-refractivity contribution in [2.75, 3.05) is 10.6 Å². The van der Waals surface area contributed by atoms with E-state index in [1.54, 1.807) is 45.0 Å². The van der Waals surface area contributed by atoms with Crippen molar-refractivity contribution in [1.29, 1.82) is 0 Å². The molecule has 8 nitrogen and oxygen atoms in total. The van der Waals surface area contributed by atoms with Gasteiger partial charge in [0.05, 0.1) is 11.8 Å². The van der Waals surface area contributed by atoms with E-state index in [1.165, 1.54) is 12.1 Å². The van der Waals surface area contributed by atoms with Crippen molar-refractivity contribution in [3.05, 3.63) is 111 Å². The summed E-state index contributed by atoms with van der Waals surface area (Å²) in [5, 5.41) is 18.3. The van der Waals surface area contributed by atoms with E-state index < -0.39 is 22.4 Å². The predicted octanol–water partition coefficient (Wildman–Crippen LogP) is 6.06. The second-order valence-corrected chi connectivity index (χ2v) is 10.5. The number of nitrogens with zero attached hydrogens (tertiary/aromatic N) is 1. The van der Waals surface area contributed by atoms with E-state index in [2.05, 4.69) is 10.6 Å². The van der Waals surface area contributed by atoms with E-state index in [1.807, 2.05) is 42.5 Å². The second kappa shape index (κ2) is 11.4. The molecule has 1 heterocycles. The van der Waals surface area contributed by atoms with Gasteiger partial charge in [-0.25, -0.2) is 14.2 Å².